The van der Waals surface area contributed by atoms with Gasteiger partial charge in [-0.25, -0.2) is 9.78 Å². The van der Waals surface area contributed by atoms with Crippen LogP contribution in [0.5, 0.6) is 0 Å². The number of thiazole rings is 1. The number of nitrogens with zero attached hydrogens (tertiary/aromatic N) is 1. The summed E-state index contributed by atoms with van der Waals surface area (Å²) >= 11 is 10.6. The third-order valence-corrected chi connectivity index (χ3v) is 3.71. The Balaban J connectivity index is 2.25. The van der Waals surface area contributed by atoms with E-state index in [1.807, 2.05) is 5.38 Å². The van der Waals surface area contributed by atoms with Gasteiger partial charge >= 0.3 is 5.97 Å². The van der Waals surface area contributed by atoms with Crippen LogP contribution in [0.25, 0.3) is 0 Å². The van der Waals surface area contributed by atoms with E-state index in [4.69, 9.17) is 16.7 Å². The highest BCUT2D eigenvalue weighted by atomic mass is 79.9. The number of anilines is 2. The van der Waals surface area contributed by atoms with E-state index in [0.717, 1.165) is 4.60 Å². The summed E-state index contributed by atoms with van der Waals surface area (Å²) < 4.78 is 0.739. The molecule has 17 heavy (non-hydrogen) atoms. The molecule has 0 fully saturated rings. The molecule has 0 atom stereocenters. The van der Waals surface area contributed by atoms with E-state index in [-0.39, 0.29) is 5.56 Å². The van der Waals surface area contributed by atoms with Crippen LogP contribution in [0.2, 0.25) is 5.02 Å². The number of hydrogen-bond acceptors (Lipinski definition) is 4. The highest BCUT2D eigenvalue weighted by Crippen LogP contribution is 2.29. The fourth-order valence-corrected chi connectivity index (χ4v) is 2.56. The number of hydrogen-bond donors (Lipinski definition) is 2. The molecule has 0 aliphatic heterocycles. The number of rotatable bonds is 3. The van der Waals surface area contributed by atoms with Crippen LogP contribution in [-0.2, 0) is 0 Å². The minimum atomic E-state index is -1.00. The van der Waals surface area contributed by atoms with E-state index >= 15 is 0 Å². The first-order valence-electron chi connectivity index (χ1n) is 4.47. The number of aromatic nitrogens is 1. The van der Waals surface area contributed by atoms with Gasteiger partial charge in [0.25, 0.3) is 0 Å². The molecule has 0 unspecified atom stereocenters. The Hall–Kier alpha value is -1.11. The largest absolute Gasteiger partial charge is 0.478 e. The van der Waals surface area contributed by atoms with E-state index < -0.39 is 5.97 Å². The molecule has 0 aliphatic carbocycles. The van der Waals surface area contributed by atoms with E-state index in [1.54, 1.807) is 6.07 Å². The van der Waals surface area contributed by atoms with Gasteiger partial charge in [0.1, 0.15) is 4.60 Å². The second-order valence-electron chi connectivity index (χ2n) is 3.10. The van der Waals surface area contributed by atoms with Gasteiger partial charge in [-0.3, -0.25) is 0 Å². The van der Waals surface area contributed by atoms with E-state index in [2.05, 4.69) is 26.2 Å². The summed E-state index contributed by atoms with van der Waals surface area (Å²) in [7, 11) is 0. The van der Waals surface area contributed by atoms with Gasteiger partial charge in [0.05, 0.1) is 16.3 Å². The maximum absolute atomic E-state index is 10.7. The van der Waals surface area contributed by atoms with Crippen molar-refractivity contribution in [2.45, 2.75) is 0 Å². The Labute approximate surface area is 114 Å². The van der Waals surface area contributed by atoms with Gasteiger partial charge in [0.15, 0.2) is 5.13 Å². The fourth-order valence-electron chi connectivity index (χ4n) is 1.18. The molecule has 0 radical (unpaired) electrons. The summed E-state index contributed by atoms with van der Waals surface area (Å²) in [4.78, 5) is 14.9. The lowest BCUT2D eigenvalue weighted by atomic mass is 10.2. The van der Waals surface area contributed by atoms with Crippen molar-refractivity contribution in [3.05, 3.63) is 38.8 Å². The molecule has 0 amide bonds. The smallest absolute Gasteiger partial charge is 0.335 e. The van der Waals surface area contributed by atoms with Crippen molar-refractivity contribution in [3.8, 4) is 0 Å². The maximum atomic E-state index is 10.7. The zero-order valence-corrected chi connectivity index (χ0v) is 11.4. The molecule has 2 N–H and O–H groups in total. The molecular formula is C10H6BrClN2O2S. The molecule has 2 aromatic rings. The van der Waals surface area contributed by atoms with Crippen molar-refractivity contribution in [2.24, 2.45) is 0 Å². The van der Waals surface area contributed by atoms with Crippen molar-refractivity contribution in [2.75, 3.05) is 5.32 Å². The Morgan fingerprint density at radius 3 is 2.82 bits per heavy atom. The van der Waals surface area contributed by atoms with Crippen LogP contribution in [0.15, 0.2) is 28.2 Å². The molecule has 1 aromatic carbocycles. The SMILES string of the molecule is O=C(O)c1ccc(Nc2nc(Br)cs2)c(Cl)c1. The van der Waals surface area contributed by atoms with Crippen molar-refractivity contribution in [3.63, 3.8) is 0 Å². The normalized spacial score (nSPS) is 10.2. The van der Waals surface area contributed by atoms with Crippen LogP contribution in [0.4, 0.5) is 10.8 Å². The van der Waals surface area contributed by atoms with Gasteiger partial charge in [0, 0.05) is 5.38 Å². The molecule has 4 nitrogen and oxygen atoms in total. The molecule has 0 saturated carbocycles. The molecule has 1 aromatic heterocycles. The highest BCUT2D eigenvalue weighted by Gasteiger charge is 2.08. The van der Waals surface area contributed by atoms with Gasteiger partial charge in [-0.1, -0.05) is 11.6 Å². The van der Waals surface area contributed by atoms with Crippen LogP contribution in [0.1, 0.15) is 10.4 Å². The van der Waals surface area contributed by atoms with Crippen LogP contribution in [0.3, 0.4) is 0 Å². The molecule has 0 bridgehead atoms. The minimum absolute atomic E-state index is 0.154. The minimum Gasteiger partial charge on any atom is -0.478 e. The highest BCUT2D eigenvalue weighted by molar-refractivity contribution is 9.10. The quantitative estimate of drug-likeness (QED) is 0.891. The summed E-state index contributed by atoms with van der Waals surface area (Å²) in [6, 6.07) is 4.50. The number of aromatic carboxylic acids is 1. The second-order valence-corrected chi connectivity index (χ2v) is 5.18. The first-order chi connectivity index (χ1) is 8.06. The number of carbonyl (C=O) groups is 1. The van der Waals surface area contributed by atoms with Crippen LogP contribution >= 0.6 is 38.9 Å². The second kappa shape index (κ2) is 5.03. The van der Waals surface area contributed by atoms with Crippen molar-refractivity contribution in [1.29, 1.82) is 0 Å². The molecular weight excluding hydrogens is 328 g/mol. The van der Waals surface area contributed by atoms with Gasteiger partial charge in [-0.05, 0) is 34.1 Å². The topological polar surface area (TPSA) is 62.2 Å². The monoisotopic (exact) mass is 332 g/mol. The zero-order valence-electron chi connectivity index (χ0n) is 8.28. The average Bonchev–Trinajstić information content (AvgIpc) is 2.67. The Morgan fingerprint density at radius 2 is 2.29 bits per heavy atom. The molecule has 0 spiro atoms. The number of halogens is 2. The summed E-state index contributed by atoms with van der Waals surface area (Å²) in [5.74, 6) is -1.00. The molecule has 0 aliphatic rings. The molecule has 7 heteroatoms. The Bertz CT molecular complexity index is 573. The fraction of sp³-hybridized carbons (Fsp3) is 0. The zero-order chi connectivity index (χ0) is 12.4. The third kappa shape index (κ3) is 2.96. The predicted molar refractivity (Wildman–Crippen MR) is 71.5 cm³/mol. The summed E-state index contributed by atoms with van der Waals surface area (Å²) in [5.41, 5.74) is 0.777. The van der Waals surface area contributed by atoms with Crippen LogP contribution in [-0.4, -0.2) is 16.1 Å². The van der Waals surface area contributed by atoms with Crippen molar-refractivity contribution >= 4 is 55.7 Å². The Morgan fingerprint density at radius 1 is 1.53 bits per heavy atom. The summed E-state index contributed by atoms with van der Waals surface area (Å²) in [5, 5.41) is 14.7. The van der Waals surface area contributed by atoms with Crippen molar-refractivity contribution in [1.82, 2.24) is 4.98 Å². The first kappa shape index (κ1) is 12.3. The molecule has 1 heterocycles. The predicted octanol–water partition coefficient (Wildman–Crippen LogP) is 4.00. The lowest BCUT2D eigenvalue weighted by Gasteiger charge is -2.05. The van der Waals surface area contributed by atoms with Crippen molar-refractivity contribution < 1.29 is 9.90 Å². The van der Waals surface area contributed by atoms with E-state index in [9.17, 15) is 4.79 Å². The summed E-state index contributed by atoms with van der Waals surface area (Å²) in [6.45, 7) is 0. The number of carboxylic acids is 1. The lowest BCUT2D eigenvalue weighted by Crippen LogP contribution is -1.97. The number of benzene rings is 1. The number of carboxylic acid groups (broad SMARTS) is 1. The molecule has 88 valence electrons. The van der Waals surface area contributed by atoms with E-state index in [0.29, 0.717) is 15.8 Å². The van der Waals surface area contributed by atoms with Crippen LogP contribution < -0.4 is 5.32 Å². The number of nitrogens with one attached hydrogen (secondary N) is 1. The van der Waals surface area contributed by atoms with E-state index in [1.165, 1.54) is 23.5 Å². The standard InChI is InChI=1S/C10H6BrClN2O2S/c11-8-4-17-10(14-8)13-7-2-1-5(9(15)16)3-6(7)12/h1-4H,(H,13,14)(H,15,16). The first-order valence-corrected chi connectivity index (χ1v) is 6.52. The maximum Gasteiger partial charge on any atom is 0.335 e. The third-order valence-electron chi connectivity index (χ3n) is 1.93. The molecule has 2 rings (SSSR count). The van der Waals surface area contributed by atoms with Gasteiger partial charge in [0.2, 0.25) is 0 Å². The van der Waals surface area contributed by atoms with Crippen LogP contribution in [0, 0.1) is 0 Å². The van der Waals surface area contributed by atoms with Gasteiger partial charge < -0.3 is 10.4 Å². The summed E-state index contributed by atoms with van der Waals surface area (Å²) in [6.07, 6.45) is 0. The average molecular weight is 334 g/mol. The van der Waals surface area contributed by atoms with Gasteiger partial charge in [-0.15, -0.1) is 11.3 Å². The lowest BCUT2D eigenvalue weighted by molar-refractivity contribution is 0.0697. The Kier molecular flexibility index (Phi) is 3.66. The molecule has 0 saturated heterocycles. The van der Waals surface area contributed by atoms with Gasteiger partial charge in [-0.2, -0.15) is 0 Å².